The van der Waals surface area contributed by atoms with Gasteiger partial charge in [-0.15, -0.1) is 0 Å². The van der Waals surface area contributed by atoms with Crippen molar-refractivity contribution in [1.29, 1.82) is 0 Å². The Kier molecular flexibility index (Phi) is 9.42. The molecule has 2 amide bonds. The lowest BCUT2D eigenvalue weighted by Gasteiger charge is -2.56. The van der Waals surface area contributed by atoms with E-state index in [1.165, 1.54) is 38.2 Å². The summed E-state index contributed by atoms with van der Waals surface area (Å²) >= 11 is 0. The zero-order valence-corrected chi connectivity index (χ0v) is 27.3. The van der Waals surface area contributed by atoms with E-state index in [9.17, 15) is 24.5 Å². The Labute approximate surface area is 277 Å². The van der Waals surface area contributed by atoms with Crippen LogP contribution < -0.4 is 14.8 Å². The minimum atomic E-state index is -2.26. The maximum atomic E-state index is 15.3. The fourth-order valence-corrected chi connectivity index (χ4v) is 6.83. The maximum Gasteiger partial charge on any atom is 0.344 e. The van der Waals surface area contributed by atoms with E-state index in [1.54, 1.807) is 68.4 Å². The Hall–Kier alpha value is -5.46. The Morgan fingerprint density at radius 2 is 1.52 bits per heavy atom. The van der Waals surface area contributed by atoms with Gasteiger partial charge in [0.05, 0.1) is 38.4 Å². The highest BCUT2D eigenvalue weighted by molar-refractivity contribution is 6.11. The van der Waals surface area contributed by atoms with Gasteiger partial charge in [0.25, 0.3) is 17.5 Å². The molecule has 0 saturated carbocycles. The minimum Gasteiger partial charge on any atom is -0.493 e. The second-order valence-corrected chi connectivity index (χ2v) is 11.7. The number of nitrogens with one attached hydrogen (secondary N) is 1. The lowest BCUT2D eigenvalue weighted by Crippen LogP contribution is -2.75. The van der Waals surface area contributed by atoms with Crippen molar-refractivity contribution >= 4 is 29.4 Å². The molecular weight excluding hydrogens is 622 g/mol. The molecule has 13 nitrogen and oxygen atoms in total. The van der Waals surface area contributed by atoms with Crippen LogP contribution in [0, 0.1) is 10.1 Å². The topological polar surface area (TPSA) is 164 Å². The molecule has 3 atom stereocenters. The molecule has 3 aromatic rings. The van der Waals surface area contributed by atoms with E-state index >= 15 is 4.79 Å². The number of benzene rings is 3. The summed E-state index contributed by atoms with van der Waals surface area (Å²) in [7, 11) is 2.92. The van der Waals surface area contributed by atoms with Crippen molar-refractivity contribution in [3.63, 3.8) is 0 Å². The first-order chi connectivity index (χ1) is 23.0. The summed E-state index contributed by atoms with van der Waals surface area (Å²) in [6.45, 7) is 4.54. The van der Waals surface area contributed by atoms with E-state index in [-0.39, 0.29) is 37.3 Å². The van der Waals surface area contributed by atoms with Crippen LogP contribution in [0.2, 0.25) is 0 Å². The number of ether oxygens (including phenoxy) is 4. The number of hydrogen-bond acceptors (Lipinski definition) is 10. The third kappa shape index (κ3) is 5.58. The number of nitrogens with zero attached hydrogens (tertiary/aromatic N) is 2. The molecule has 1 fully saturated rings. The average molecular weight is 660 g/mol. The number of non-ortho nitro benzene ring substituents is 1. The van der Waals surface area contributed by atoms with Crippen LogP contribution in [0.15, 0.2) is 66.7 Å². The van der Waals surface area contributed by atoms with Gasteiger partial charge in [0.15, 0.2) is 11.5 Å². The van der Waals surface area contributed by atoms with E-state index in [2.05, 4.69) is 5.32 Å². The van der Waals surface area contributed by atoms with Gasteiger partial charge < -0.3 is 29.2 Å². The number of amides is 2. The summed E-state index contributed by atoms with van der Waals surface area (Å²) in [4.78, 5) is 69.4. The van der Waals surface area contributed by atoms with E-state index in [0.717, 1.165) is 0 Å². The number of nitro groups is 1. The highest BCUT2D eigenvalue weighted by Gasteiger charge is 2.66. The van der Waals surface area contributed by atoms with Crippen LogP contribution in [0.25, 0.3) is 0 Å². The number of carbonyl (C=O) groups is 4. The summed E-state index contributed by atoms with van der Waals surface area (Å²) in [5, 5.41) is 14.4. The second kappa shape index (κ2) is 13.3. The first kappa shape index (κ1) is 33.9. The van der Waals surface area contributed by atoms with Crippen molar-refractivity contribution in [3.05, 3.63) is 99.1 Å². The van der Waals surface area contributed by atoms with Gasteiger partial charge in [-0.25, -0.2) is 9.59 Å². The van der Waals surface area contributed by atoms with E-state index in [1.807, 2.05) is 0 Å². The smallest absolute Gasteiger partial charge is 0.344 e. The molecule has 1 N–H and O–H groups in total. The van der Waals surface area contributed by atoms with Crippen molar-refractivity contribution in [2.45, 2.75) is 56.7 Å². The molecule has 2 aliphatic heterocycles. The SMILES string of the molecule is CCOC(=O)C1(C(=O)OCC)Cc2cc(OC)c(OC)cc2[C@@H]2C[C@@H](c3ccc([N+](=O)[O-])cc3)[C@](C)(NC(=O)c3ccccc3)C(=O)N21. The van der Waals surface area contributed by atoms with E-state index in [4.69, 9.17) is 18.9 Å². The fourth-order valence-electron chi connectivity index (χ4n) is 6.83. The van der Waals surface area contributed by atoms with Gasteiger partial charge in [-0.2, -0.15) is 0 Å². The molecule has 0 bridgehead atoms. The van der Waals surface area contributed by atoms with Gasteiger partial charge in [0.2, 0.25) is 5.54 Å². The van der Waals surface area contributed by atoms with Crippen molar-refractivity contribution in [2.24, 2.45) is 0 Å². The van der Waals surface area contributed by atoms with Crippen molar-refractivity contribution in [1.82, 2.24) is 10.2 Å². The lowest BCUT2D eigenvalue weighted by molar-refractivity contribution is -0.384. The largest absolute Gasteiger partial charge is 0.493 e. The highest BCUT2D eigenvalue weighted by Crippen LogP contribution is 2.54. The van der Waals surface area contributed by atoms with Gasteiger partial charge in [-0.3, -0.25) is 19.7 Å². The van der Waals surface area contributed by atoms with Crippen LogP contribution in [0.3, 0.4) is 0 Å². The molecular formula is C35H37N3O10. The molecule has 0 spiro atoms. The molecule has 3 aromatic carbocycles. The summed E-state index contributed by atoms with van der Waals surface area (Å²) in [6.07, 6.45) is -0.217. The van der Waals surface area contributed by atoms with Crippen LogP contribution in [0.4, 0.5) is 5.69 Å². The van der Waals surface area contributed by atoms with Gasteiger partial charge >= 0.3 is 11.9 Å². The Morgan fingerprint density at radius 1 is 0.938 bits per heavy atom. The molecule has 0 unspecified atom stereocenters. The van der Waals surface area contributed by atoms with Gasteiger partial charge in [-0.05, 0) is 68.1 Å². The fraction of sp³-hybridized carbons (Fsp3) is 0.371. The number of fused-ring (bicyclic) bond motifs is 3. The van der Waals surface area contributed by atoms with Crippen LogP contribution >= 0.6 is 0 Å². The number of esters is 2. The maximum absolute atomic E-state index is 15.3. The monoisotopic (exact) mass is 659 g/mol. The first-order valence-electron chi connectivity index (χ1n) is 15.5. The van der Waals surface area contributed by atoms with Crippen LogP contribution in [0.5, 0.6) is 11.5 Å². The Morgan fingerprint density at radius 3 is 2.06 bits per heavy atom. The van der Waals surface area contributed by atoms with Crippen LogP contribution in [0.1, 0.15) is 66.2 Å². The lowest BCUT2D eigenvalue weighted by atomic mass is 9.66. The van der Waals surface area contributed by atoms with Crippen LogP contribution in [-0.4, -0.2) is 72.1 Å². The second-order valence-electron chi connectivity index (χ2n) is 11.7. The summed E-state index contributed by atoms with van der Waals surface area (Å²) in [5.41, 5.74) is -2.26. The molecule has 2 heterocycles. The standard InChI is InChI=1S/C35H37N3O10/c1-6-47-32(41)35(33(42)48-7-2)20-23-17-28(45-4)29(46-5)18-25(23)27-19-26(21-13-15-24(16-14-21)38(43)44)34(3,31(40)37(27)35)36-30(39)22-11-9-8-10-12-22/h8-18,26-27H,6-7,19-20H2,1-5H3,(H,36,39)/t26-,27-,34-/m0/s1. The Balaban J connectivity index is 1.78. The molecule has 252 valence electrons. The average Bonchev–Trinajstić information content (AvgIpc) is 3.09. The molecule has 0 aliphatic carbocycles. The summed E-state index contributed by atoms with van der Waals surface area (Å²) < 4.78 is 22.1. The number of rotatable bonds is 10. The van der Waals surface area contributed by atoms with E-state index < -0.39 is 51.7 Å². The van der Waals surface area contributed by atoms with Crippen molar-refractivity contribution < 1.29 is 43.0 Å². The molecule has 1 saturated heterocycles. The molecule has 5 rings (SSSR count). The van der Waals surface area contributed by atoms with Gasteiger partial charge in [0, 0.05) is 30.0 Å². The number of carbonyl (C=O) groups excluding carboxylic acids is 4. The first-order valence-corrected chi connectivity index (χ1v) is 15.5. The number of piperidine rings is 1. The molecule has 0 radical (unpaired) electrons. The molecule has 13 heteroatoms. The molecule has 48 heavy (non-hydrogen) atoms. The molecule has 2 aliphatic rings. The van der Waals surface area contributed by atoms with Gasteiger partial charge in [-0.1, -0.05) is 30.3 Å². The number of methoxy groups -OCH3 is 2. The van der Waals surface area contributed by atoms with Crippen LogP contribution in [-0.2, 0) is 30.3 Å². The minimum absolute atomic E-state index is 0.0815. The van der Waals surface area contributed by atoms with Gasteiger partial charge in [0.1, 0.15) is 5.54 Å². The predicted molar refractivity (Wildman–Crippen MR) is 172 cm³/mol. The van der Waals surface area contributed by atoms with Crippen molar-refractivity contribution in [2.75, 3.05) is 27.4 Å². The van der Waals surface area contributed by atoms with Crippen molar-refractivity contribution in [3.8, 4) is 11.5 Å². The highest BCUT2D eigenvalue weighted by atomic mass is 16.6. The quantitative estimate of drug-likeness (QED) is 0.144. The summed E-state index contributed by atoms with van der Waals surface area (Å²) in [6, 6.07) is 16.5. The number of nitro benzene ring substituents is 1. The third-order valence-corrected chi connectivity index (χ3v) is 9.13. The normalized spacial score (nSPS) is 20.9. The number of hydrogen-bond donors (Lipinski definition) is 1. The zero-order valence-electron chi connectivity index (χ0n) is 27.3. The van der Waals surface area contributed by atoms with E-state index in [0.29, 0.717) is 28.2 Å². The Bertz CT molecular complexity index is 1730. The third-order valence-electron chi connectivity index (χ3n) is 9.13. The summed E-state index contributed by atoms with van der Waals surface area (Å²) in [5.74, 6) is -3.35. The molecule has 0 aromatic heterocycles. The predicted octanol–water partition coefficient (Wildman–Crippen LogP) is 4.28. The zero-order chi connectivity index (χ0) is 34.8.